The molecule has 0 saturated carbocycles. The molecule has 1 aromatic rings. The Kier molecular flexibility index (Phi) is 7.44. The van der Waals surface area contributed by atoms with Crippen LogP contribution in [0.15, 0.2) is 18.2 Å². The molecule has 1 atom stereocenters. The summed E-state index contributed by atoms with van der Waals surface area (Å²) in [5.74, 6) is -0.612. The number of nitrogens with one attached hydrogen (secondary N) is 2. The average Bonchev–Trinajstić information content (AvgIpc) is 2.72. The van der Waals surface area contributed by atoms with Crippen molar-refractivity contribution in [3.05, 3.63) is 29.3 Å². The van der Waals surface area contributed by atoms with Gasteiger partial charge < -0.3 is 20.4 Å². The summed E-state index contributed by atoms with van der Waals surface area (Å²) >= 11 is 0. The summed E-state index contributed by atoms with van der Waals surface area (Å²) in [5.41, 5.74) is 2.82. The Labute approximate surface area is 178 Å². The van der Waals surface area contributed by atoms with E-state index < -0.39 is 6.04 Å². The molecule has 0 radical (unpaired) electrons. The maximum absolute atomic E-state index is 13.0. The van der Waals surface area contributed by atoms with Gasteiger partial charge in [0.05, 0.1) is 13.0 Å². The molecule has 0 unspecified atom stereocenters. The monoisotopic (exact) mass is 415 g/mol. The molecule has 2 fully saturated rings. The van der Waals surface area contributed by atoms with Gasteiger partial charge in [-0.05, 0) is 32.0 Å². The Morgan fingerprint density at radius 3 is 2.47 bits per heavy atom. The average molecular weight is 416 g/mol. The van der Waals surface area contributed by atoms with Crippen molar-refractivity contribution in [2.45, 2.75) is 33.2 Å². The van der Waals surface area contributed by atoms with Crippen molar-refractivity contribution >= 4 is 23.4 Å². The first kappa shape index (κ1) is 22.2. The summed E-state index contributed by atoms with van der Waals surface area (Å²) in [6.45, 7) is 11.8. The van der Waals surface area contributed by atoms with Gasteiger partial charge in [0.1, 0.15) is 6.04 Å². The first-order valence-corrected chi connectivity index (χ1v) is 10.8. The SMILES string of the molecule is CCN1CCN(CC(=O)N2CCNC(=O)[C@@H]2CC(=O)Nc2ccc(C)cc2C)CC1. The molecule has 8 nitrogen and oxygen atoms in total. The van der Waals surface area contributed by atoms with Gasteiger partial charge in [0.15, 0.2) is 0 Å². The second kappa shape index (κ2) is 10.0. The van der Waals surface area contributed by atoms with Crippen LogP contribution in [0.1, 0.15) is 24.5 Å². The largest absolute Gasteiger partial charge is 0.353 e. The highest BCUT2D eigenvalue weighted by molar-refractivity contribution is 5.98. The standard InChI is InChI=1S/C22H33N5O3/c1-4-25-9-11-26(12-10-25)15-21(29)27-8-7-23-22(30)19(27)14-20(28)24-18-6-5-16(2)13-17(18)3/h5-6,13,19H,4,7-12,14-15H2,1-3H3,(H,23,30)(H,24,28)/t19-/m0/s1. The van der Waals surface area contributed by atoms with E-state index in [0.29, 0.717) is 19.6 Å². The van der Waals surface area contributed by atoms with E-state index >= 15 is 0 Å². The molecule has 0 aromatic heterocycles. The fourth-order valence-corrected chi connectivity index (χ4v) is 4.09. The second-order valence-corrected chi connectivity index (χ2v) is 8.18. The highest BCUT2D eigenvalue weighted by Crippen LogP contribution is 2.18. The van der Waals surface area contributed by atoms with Crippen LogP contribution in [0.2, 0.25) is 0 Å². The van der Waals surface area contributed by atoms with E-state index in [2.05, 4.69) is 27.4 Å². The van der Waals surface area contributed by atoms with Gasteiger partial charge >= 0.3 is 0 Å². The smallest absolute Gasteiger partial charge is 0.243 e. The fraction of sp³-hybridized carbons (Fsp3) is 0.591. The van der Waals surface area contributed by atoms with Crippen molar-refractivity contribution in [2.24, 2.45) is 0 Å². The van der Waals surface area contributed by atoms with Crippen molar-refractivity contribution in [1.29, 1.82) is 0 Å². The Morgan fingerprint density at radius 1 is 1.10 bits per heavy atom. The van der Waals surface area contributed by atoms with Gasteiger partial charge in [-0.15, -0.1) is 0 Å². The predicted octanol–water partition coefficient (Wildman–Crippen LogP) is 0.597. The molecule has 3 amide bonds. The molecule has 0 spiro atoms. The van der Waals surface area contributed by atoms with Gasteiger partial charge in [-0.3, -0.25) is 19.3 Å². The molecule has 0 aliphatic carbocycles. The third kappa shape index (κ3) is 5.58. The van der Waals surface area contributed by atoms with E-state index in [-0.39, 0.29) is 24.1 Å². The first-order chi connectivity index (χ1) is 14.4. The molecule has 30 heavy (non-hydrogen) atoms. The van der Waals surface area contributed by atoms with E-state index in [9.17, 15) is 14.4 Å². The molecule has 2 heterocycles. The number of piperazine rings is 2. The van der Waals surface area contributed by atoms with Crippen molar-refractivity contribution in [3.8, 4) is 0 Å². The van der Waals surface area contributed by atoms with Crippen LogP contribution in [0.4, 0.5) is 5.69 Å². The van der Waals surface area contributed by atoms with Crippen molar-refractivity contribution in [2.75, 3.05) is 57.7 Å². The second-order valence-electron chi connectivity index (χ2n) is 8.18. The molecule has 1 aromatic carbocycles. The zero-order valence-electron chi connectivity index (χ0n) is 18.2. The molecule has 0 bridgehead atoms. The molecule has 2 aliphatic rings. The summed E-state index contributed by atoms with van der Waals surface area (Å²) in [4.78, 5) is 44.2. The van der Waals surface area contributed by atoms with Crippen LogP contribution in [0.25, 0.3) is 0 Å². The molecule has 164 valence electrons. The van der Waals surface area contributed by atoms with Crippen LogP contribution in [-0.4, -0.2) is 90.8 Å². The van der Waals surface area contributed by atoms with Crippen LogP contribution in [-0.2, 0) is 14.4 Å². The minimum atomic E-state index is -0.770. The van der Waals surface area contributed by atoms with Crippen LogP contribution < -0.4 is 10.6 Å². The number of likely N-dealkylation sites (N-methyl/N-ethyl adjacent to an activating group) is 1. The van der Waals surface area contributed by atoms with Gasteiger partial charge in [-0.1, -0.05) is 24.6 Å². The highest BCUT2D eigenvalue weighted by Gasteiger charge is 2.35. The van der Waals surface area contributed by atoms with E-state index in [1.54, 1.807) is 4.90 Å². The molecule has 8 heteroatoms. The minimum Gasteiger partial charge on any atom is -0.353 e. The number of hydrogen-bond acceptors (Lipinski definition) is 5. The summed E-state index contributed by atoms with van der Waals surface area (Å²) < 4.78 is 0. The van der Waals surface area contributed by atoms with Gasteiger partial charge in [0, 0.05) is 45.0 Å². The topological polar surface area (TPSA) is 85.0 Å². The fourth-order valence-electron chi connectivity index (χ4n) is 4.09. The number of carbonyl (C=O) groups excluding carboxylic acids is 3. The lowest BCUT2D eigenvalue weighted by molar-refractivity contribution is -0.145. The lowest BCUT2D eigenvalue weighted by Crippen LogP contribution is -2.60. The Morgan fingerprint density at radius 2 is 1.80 bits per heavy atom. The molecular formula is C22H33N5O3. The van der Waals surface area contributed by atoms with E-state index in [0.717, 1.165) is 49.5 Å². The van der Waals surface area contributed by atoms with Gasteiger partial charge in [-0.25, -0.2) is 0 Å². The maximum Gasteiger partial charge on any atom is 0.243 e. The van der Waals surface area contributed by atoms with Crippen LogP contribution in [0.5, 0.6) is 0 Å². The van der Waals surface area contributed by atoms with Crippen molar-refractivity contribution < 1.29 is 14.4 Å². The Balaban J connectivity index is 1.60. The highest BCUT2D eigenvalue weighted by atomic mass is 16.2. The van der Waals surface area contributed by atoms with Gasteiger partial charge in [0.25, 0.3) is 0 Å². The van der Waals surface area contributed by atoms with Crippen molar-refractivity contribution in [3.63, 3.8) is 0 Å². The van der Waals surface area contributed by atoms with E-state index in [4.69, 9.17) is 0 Å². The minimum absolute atomic E-state index is 0.0471. The van der Waals surface area contributed by atoms with E-state index in [1.165, 1.54) is 0 Å². The molecule has 2 saturated heterocycles. The van der Waals surface area contributed by atoms with Gasteiger partial charge in [-0.2, -0.15) is 0 Å². The molecule has 3 rings (SSSR count). The lowest BCUT2D eigenvalue weighted by atomic mass is 10.1. The Bertz CT molecular complexity index is 789. The van der Waals surface area contributed by atoms with Crippen LogP contribution in [0.3, 0.4) is 0 Å². The zero-order valence-corrected chi connectivity index (χ0v) is 18.2. The number of rotatable bonds is 6. The summed E-state index contributed by atoms with van der Waals surface area (Å²) in [5, 5.41) is 5.67. The molecular weight excluding hydrogens is 382 g/mol. The zero-order chi connectivity index (χ0) is 21.7. The first-order valence-electron chi connectivity index (χ1n) is 10.8. The summed E-state index contributed by atoms with van der Waals surface area (Å²) in [6.07, 6.45) is -0.0471. The van der Waals surface area contributed by atoms with Crippen LogP contribution in [0, 0.1) is 13.8 Å². The van der Waals surface area contributed by atoms with E-state index in [1.807, 2.05) is 32.0 Å². The molecule has 2 aliphatic heterocycles. The predicted molar refractivity (Wildman–Crippen MR) is 116 cm³/mol. The third-order valence-electron chi connectivity index (χ3n) is 5.96. The normalized spacial score (nSPS) is 20.7. The summed E-state index contributed by atoms with van der Waals surface area (Å²) in [6, 6.07) is 5.03. The number of anilines is 1. The van der Waals surface area contributed by atoms with Gasteiger partial charge in [0.2, 0.25) is 17.7 Å². The quantitative estimate of drug-likeness (QED) is 0.711. The van der Waals surface area contributed by atoms with Crippen LogP contribution >= 0.6 is 0 Å². The number of hydrogen-bond donors (Lipinski definition) is 2. The number of amides is 3. The number of aryl methyl sites for hydroxylation is 2. The Hall–Kier alpha value is -2.45. The number of benzene rings is 1. The summed E-state index contributed by atoms with van der Waals surface area (Å²) in [7, 11) is 0. The number of carbonyl (C=O) groups is 3. The lowest BCUT2D eigenvalue weighted by Gasteiger charge is -2.38. The third-order valence-corrected chi connectivity index (χ3v) is 5.96. The maximum atomic E-state index is 13.0. The number of nitrogens with zero attached hydrogens (tertiary/aromatic N) is 3. The molecule has 2 N–H and O–H groups in total. The van der Waals surface area contributed by atoms with Crippen molar-refractivity contribution in [1.82, 2.24) is 20.0 Å².